The average Bonchev–Trinajstić information content (AvgIpc) is 2.60. The Kier molecular flexibility index (Phi) is 6.63. The third-order valence-corrected chi connectivity index (χ3v) is 3.63. The van der Waals surface area contributed by atoms with Crippen molar-refractivity contribution in [2.24, 2.45) is 0 Å². The Hall–Kier alpha value is -2.33. The molecule has 2 rings (SSSR count). The molecule has 23 heavy (non-hydrogen) atoms. The monoisotopic (exact) mass is 313 g/mol. The highest BCUT2D eigenvalue weighted by molar-refractivity contribution is 5.77. The number of nitrogens with zero attached hydrogens (tertiary/aromatic N) is 1. The van der Waals surface area contributed by atoms with Crippen molar-refractivity contribution in [3.63, 3.8) is 0 Å². The van der Waals surface area contributed by atoms with Crippen molar-refractivity contribution in [1.82, 2.24) is 4.90 Å². The Morgan fingerprint density at radius 2 is 1.74 bits per heavy atom. The number of aliphatic hydroxyl groups is 1. The molecular formula is C19H23NO3. The van der Waals surface area contributed by atoms with Gasteiger partial charge in [0.15, 0.2) is 6.61 Å². The molecular weight excluding hydrogens is 290 g/mol. The van der Waals surface area contributed by atoms with Crippen LogP contribution in [-0.4, -0.2) is 35.7 Å². The van der Waals surface area contributed by atoms with Gasteiger partial charge in [0, 0.05) is 13.1 Å². The summed E-state index contributed by atoms with van der Waals surface area (Å²) in [7, 11) is 0. The van der Waals surface area contributed by atoms with Crippen LogP contribution in [0.25, 0.3) is 0 Å². The Bertz CT molecular complexity index is 596. The van der Waals surface area contributed by atoms with E-state index in [2.05, 4.69) is 6.92 Å². The molecule has 0 aliphatic heterocycles. The predicted octanol–water partition coefficient (Wildman–Crippen LogP) is 2.65. The number of carbonyl (C=O) groups excluding carboxylic acids is 1. The lowest BCUT2D eigenvalue weighted by molar-refractivity contribution is -0.134. The molecule has 1 N–H and O–H groups in total. The van der Waals surface area contributed by atoms with E-state index in [1.54, 1.807) is 4.90 Å². The van der Waals surface area contributed by atoms with E-state index in [9.17, 15) is 9.90 Å². The van der Waals surface area contributed by atoms with E-state index in [0.29, 0.717) is 18.8 Å². The van der Waals surface area contributed by atoms with Gasteiger partial charge in [0.2, 0.25) is 0 Å². The van der Waals surface area contributed by atoms with Gasteiger partial charge in [-0.2, -0.15) is 0 Å². The summed E-state index contributed by atoms with van der Waals surface area (Å²) in [6.07, 6.45) is 0.973. The number of rotatable bonds is 8. The van der Waals surface area contributed by atoms with Gasteiger partial charge in [-0.3, -0.25) is 4.79 Å². The number of carbonyl (C=O) groups is 1. The quantitative estimate of drug-likeness (QED) is 0.815. The van der Waals surface area contributed by atoms with Crippen LogP contribution in [0, 0.1) is 0 Å². The maximum atomic E-state index is 12.3. The number of hydrogen-bond acceptors (Lipinski definition) is 3. The highest BCUT2D eigenvalue weighted by atomic mass is 16.5. The maximum absolute atomic E-state index is 12.3. The van der Waals surface area contributed by atoms with Crippen LogP contribution in [-0.2, 0) is 17.8 Å². The first kappa shape index (κ1) is 17.0. The summed E-state index contributed by atoms with van der Waals surface area (Å²) in [4.78, 5) is 13.9. The number of ether oxygens (including phenoxy) is 1. The number of benzene rings is 2. The third-order valence-electron chi connectivity index (χ3n) is 3.63. The fraction of sp³-hybridized carbons (Fsp3) is 0.316. The summed E-state index contributed by atoms with van der Waals surface area (Å²) >= 11 is 0. The topological polar surface area (TPSA) is 49.8 Å². The summed E-state index contributed by atoms with van der Waals surface area (Å²) < 4.78 is 5.56. The van der Waals surface area contributed by atoms with Gasteiger partial charge in [-0.1, -0.05) is 49.4 Å². The zero-order valence-corrected chi connectivity index (χ0v) is 13.4. The first-order chi connectivity index (χ1) is 11.2. The van der Waals surface area contributed by atoms with Crippen molar-refractivity contribution in [3.8, 4) is 5.75 Å². The Morgan fingerprint density at radius 1 is 1.04 bits per heavy atom. The zero-order valence-electron chi connectivity index (χ0n) is 13.4. The Labute approximate surface area is 137 Å². The van der Waals surface area contributed by atoms with E-state index in [1.807, 2.05) is 54.6 Å². The molecule has 0 aromatic heterocycles. The van der Waals surface area contributed by atoms with Gasteiger partial charge < -0.3 is 14.7 Å². The first-order valence-electron chi connectivity index (χ1n) is 7.87. The minimum Gasteiger partial charge on any atom is -0.484 e. The van der Waals surface area contributed by atoms with E-state index >= 15 is 0 Å². The molecule has 0 bridgehead atoms. The summed E-state index contributed by atoms with van der Waals surface area (Å²) in [5, 5.41) is 9.17. The second-order valence-electron chi connectivity index (χ2n) is 5.31. The minimum absolute atomic E-state index is 0.0295. The van der Waals surface area contributed by atoms with Crippen molar-refractivity contribution in [3.05, 3.63) is 65.7 Å². The molecule has 2 aromatic rings. The van der Waals surface area contributed by atoms with Crippen molar-refractivity contribution < 1.29 is 14.6 Å². The SMILES string of the molecule is CCc1ccc(OCC(=O)N(CCO)Cc2ccccc2)cc1. The van der Waals surface area contributed by atoms with Crippen LogP contribution in [0.1, 0.15) is 18.1 Å². The van der Waals surface area contributed by atoms with E-state index in [1.165, 1.54) is 5.56 Å². The molecule has 0 saturated carbocycles. The smallest absolute Gasteiger partial charge is 0.260 e. The lowest BCUT2D eigenvalue weighted by Crippen LogP contribution is -2.36. The van der Waals surface area contributed by atoms with Crippen LogP contribution in [0.15, 0.2) is 54.6 Å². The summed E-state index contributed by atoms with van der Waals surface area (Å²) in [5.41, 5.74) is 2.26. The van der Waals surface area contributed by atoms with Crippen molar-refractivity contribution in [2.75, 3.05) is 19.8 Å². The molecule has 0 fully saturated rings. The largest absolute Gasteiger partial charge is 0.484 e. The molecule has 0 atom stereocenters. The molecule has 122 valence electrons. The fourth-order valence-corrected chi connectivity index (χ4v) is 2.27. The molecule has 0 unspecified atom stereocenters. The third kappa shape index (κ3) is 5.42. The molecule has 4 heteroatoms. The van der Waals surface area contributed by atoms with Crippen LogP contribution in [0.3, 0.4) is 0 Å². The predicted molar refractivity (Wildman–Crippen MR) is 90.3 cm³/mol. The molecule has 4 nitrogen and oxygen atoms in total. The molecule has 0 heterocycles. The van der Waals surface area contributed by atoms with Gasteiger partial charge in [-0.05, 0) is 29.7 Å². The standard InChI is InChI=1S/C19H23NO3/c1-2-16-8-10-18(11-9-16)23-15-19(22)20(12-13-21)14-17-6-4-3-5-7-17/h3-11,21H,2,12-15H2,1H3. The molecule has 1 amide bonds. The first-order valence-corrected chi connectivity index (χ1v) is 7.87. The zero-order chi connectivity index (χ0) is 16.5. The maximum Gasteiger partial charge on any atom is 0.260 e. The summed E-state index contributed by atoms with van der Waals surface area (Å²) in [6.45, 7) is 2.77. The number of hydrogen-bond donors (Lipinski definition) is 1. The minimum atomic E-state index is -0.137. The van der Waals surface area contributed by atoms with E-state index in [4.69, 9.17) is 4.74 Å². The van der Waals surface area contributed by atoms with Gasteiger partial charge in [0.05, 0.1) is 6.61 Å². The molecule has 0 aliphatic rings. The van der Waals surface area contributed by atoms with Gasteiger partial charge in [-0.25, -0.2) is 0 Å². The molecule has 0 aliphatic carbocycles. The molecule has 0 saturated heterocycles. The van der Waals surface area contributed by atoms with Crippen LogP contribution < -0.4 is 4.74 Å². The second kappa shape index (κ2) is 8.96. The fourth-order valence-electron chi connectivity index (χ4n) is 2.27. The average molecular weight is 313 g/mol. The van der Waals surface area contributed by atoms with Crippen molar-refractivity contribution in [2.45, 2.75) is 19.9 Å². The molecule has 2 aromatic carbocycles. The van der Waals surface area contributed by atoms with Crippen LogP contribution in [0.2, 0.25) is 0 Å². The lowest BCUT2D eigenvalue weighted by atomic mass is 10.2. The highest BCUT2D eigenvalue weighted by Crippen LogP contribution is 2.13. The van der Waals surface area contributed by atoms with E-state index in [-0.39, 0.29) is 19.1 Å². The van der Waals surface area contributed by atoms with Crippen LogP contribution >= 0.6 is 0 Å². The van der Waals surface area contributed by atoms with Gasteiger partial charge in [0.25, 0.3) is 5.91 Å². The molecule has 0 radical (unpaired) electrons. The van der Waals surface area contributed by atoms with Gasteiger partial charge in [-0.15, -0.1) is 0 Å². The second-order valence-corrected chi connectivity index (χ2v) is 5.31. The number of aliphatic hydroxyl groups excluding tert-OH is 1. The van der Waals surface area contributed by atoms with Crippen molar-refractivity contribution >= 4 is 5.91 Å². The van der Waals surface area contributed by atoms with Crippen LogP contribution in [0.4, 0.5) is 0 Å². The number of amides is 1. The van der Waals surface area contributed by atoms with E-state index in [0.717, 1.165) is 12.0 Å². The van der Waals surface area contributed by atoms with Crippen molar-refractivity contribution in [1.29, 1.82) is 0 Å². The Morgan fingerprint density at radius 3 is 2.35 bits per heavy atom. The molecule has 0 spiro atoms. The van der Waals surface area contributed by atoms with Gasteiger partial charge >= 0.3 is 0 Å². The number of aryl methyl sites for hydroxylation is 1. The van der Waals surface area contributed by atoms with E-state index < -0.39 is 0 Å². The normalized spacial score (nSPS) is 10.3. The lowest BCUT2D eigenvalue weighted by Gasteiger charge is -2.22. The Balaban J connectivity index is 1.92. The van der Waals surface area contributed by atoms with Gasteiger partial charge in [0.1, 0.15) is 5.75 Å². The summed E-state index contributed by atoms with van der Waals surface area (Å²) in [6, 6.07) is 17.5. The summed E-state index contributed by atoms with van der Waals surface area (Å²) in [5.74, 6) is 0.543. The highest BCUT2D eigenvalue weighted by Gasteiger charge is 2.14. The van der Waals surface area contributed by atoms with Crippen LogP contribution in [0.5, 0.6) is 5.75 Å².